The molecule has 1 fully saturated rings. The molecule has 0 saturated carbocycles. The van der Waals surface area contributed by atoms with Gasteiger partial charge in [-0.25, -0.2) is 0 Å². The molecule has 2 aromatic rings. The van der Waals surface area contributed by atoms with E-state index in [-0.39, 0.29) is 0 Å². The maximum absolute atomic E-state index is 4.61. The molecule has 7 nitrogen and oxygen atoms in total. The molecule has 0 spiro atoms. The fourth-order valence-corrected chi connectivity index (χ4v) is 2.87. The van der Waals surface area contributed by atoms with Crippen molar-refractivity contribution in [3.8, 4) is 0 Å². The molecule has 1 aliphatic rings. The van der Waals surface area contributed by atoms with Crippen LogP contribution in [0.5, 0.6) is 0 Å². The quantitative estimate of drug-likeness (QED) is 0.811. The first-order valence-electron chi connectivity index (χ1n) is 8.80. The Kier molecular flexibility index (Phi) is 6.14. The lowest BCUT2D eigenvalue weighted by molar-refractivity contribution is 0.248. The molecular weight excluding hydrogens is 314 g/mol. The zero-order valence-corrected chi connectivity index (χ0v) is 15.1. The molecule has 7 heteroatoms. The molecular formula is C18H27N7. The number of anilines is 2. The van der Waals surface area contributed by atoms with Crippen molar-refractivity contribution in [2.24, 2.45) is 0 Å². The molecule has 25 heavy (non-hydrogen) atoms. The van der Waals surface area contributed by atoms with E-state index < -0.39 is 0 Å². The molecule has 1 aliphatic heterocycles. The highest BCUT2D eigenvalue weighted by molar-refractivity contribution is 5.39. The van der Waals surface area contributed by atoms with Crippen LogP contribution in [0, 0.1) is 0 Å². The zero-order valence-electron chi connectivity index (χ0n) is 15.1. The number of aromatic nitrogens is 3. The van der Waals surface area contributed by atoms with E-state index in [4.69, 9.17) is 0 Å². The Bertz CT molecular complexity index is 639. The lowest BCUT2D eigenvalue weighted by Gasteiger charge is -2.34. The van der Waals surface area contributed by atoms with Crippen molar-refractivity contribution in [3.05, 3.63) is 42.1 Å². The van der Waals surface area contributed by atoms with E-state index in [1.165, 1.54) is 5.56 Å². The van der Waals surface area contributed by atoms with E-state index in [1.54, 1.807) is 6.20 Å². The molecule has 0 atom stereocenters. The fraction of sp³-hybridized carbons (Fsp3) is 0.500. The molecule has 1 N–H and O–H groups in total. The van der Waals surface area contributed by atoms with Gasteiger partial charge in [0.15, 0.2) is 5.82 Å². The van der Waals surface area contributed by atoms with E-state index in [1.807, 2.05) is 0 Å². The standard InChI is InChI=1S/C18H27N7/c1-23(2)9-8-19-17-14-20-22-18(21-17)25-12-10-24(11-13-25)15-16-6-4-3-5-7-16/h3-7,14H,8-13,15H2,1-2H3,(H,19,21,22). The summed E-state index contributed by atoms with van der Waals surface area (Å²) in [6.45, 7) is 6.67. The van der Waals surface area contributed by atoms with Gasteiger partial charge in [0.05, 0.1) is 6.20 Å². The number of nitrogens with zero attached hydrogens (tertiary/aromatic N) is 6. The summed E-state index contributed by atoms with van der Waals surface area (Å²) in [5, 5.41) is 11.6. The molecule has 1 aromatic carbocycles. The summed E-state index contributed by atoms with van der Waals surface area (Å²) in [6.07, 6.45) is 1.69. The van der Waals surface area contributed by atoms with Crippen LogP contribution in [0.15, 0.2) is 36.5 Å². The number of likely N-dealkylation sites (N-methyl/N-ethyl adjacent to an activating group) is 1. The number of piperazine rings is 1. The topological polar surface area (TPSA) is 60.4 Å². The number of nitrogens with one attached hydrogen (secondary N) is 1. The predicted octanol–water partition coefficient (Wildman–Crippen LogP) is 1.17. The van der Waals surface area contributed by atoms with E-state index in [0.29, 0.717) is 5.95 Å². The molecule has 1 aromatic heterocycles. The fourth-order valence-electron chi connectivity index (χ4n) is 2.87. The minimum atomic E-state index is 0.717. The van der Waals surface area contributed by atoms with Gasteiger partial charge in [-0.1, -0.05) is 30.3 Å². The Morgan fingerprint density at radius 2 is 1.84 bits per heavy atom. The van der Waals surface area contributed by atoms with E-state index >= 15 is 0 Å². The summed E-state index contributed by atoms with van der Waals surface area (Å²) in [5.41, 5.74) is 1.36. The molecule has 0 amide bonds. The van der Waals surface area contributed by atoms with E-state index in [9.17, 15) is 0 Å². The normalized spacial score (nSPS) is 15.6. The first-order chi connectivity index (χ1) is 12.2. The van der Waals surface area contributed by atoms with Gasteiger partial charge in [-0.2, -0.15) is 10.1 Å². The van der Waals surface area contributed by atoms with Crippen molar-refractivity contribution in [1.29, 1.82) is 0 Å². The third kappa shape index (κ3) is 5.37. The number of hydrogen-bond donors (Lipinski definition) is 1. The summed E-state index contributed by atoms with van der Waals surface area (Å²) < 4.78 is 0. The first kappa shape index (κ1) is 17.6. The van der Waals surface area contributed by atoms with Gasteiger partial charge in [0.1, 0.15) is 0 Å². The van der Waals surface area contributed by atoms with Crippen molar-refractivity contribution < 1.29 is 0 Å². The summed E-state index contributed by atoms with van der Waals surface area (Å²) in [6, 6.07) is 10.6. The smallest absolute Gasteiger partial charge is 0.247 e. The second kappa shape index (κ2) is 8.73. The number of rotatable bonds is 7. The zero-order chi connectivity index (χ0) is 17.5. The van der Waals surface area contributed by atoms with Gasteiger partial charge in [-0.15, -0.1) is 5.10 Å². The van der Waals surface area contributed by atoms with Crippen molar-refractivity contribution in [2.45, 2.75) is 6.54 Å². The molecule has 0 bridgehead atoms. The SMILES string of the molecule is CN(C)CCNc1cnnc(N2CCN(Cc3ccccc3)CC2)n1. The van der Waals surface area contributed by atoms with Gasteiger partial charge in [0, 0.05) is 45.8 Å². The third-order valence-corrected chi connectivity index (χ3v) is 4.32. The van der Waals surface area contributed by atoms with Crippen LogP contribution >= 0.6 is 0 Å². The summed E-state index contributed by atoms with van der Waals surface area (Å²) in [7, 11) is 4.11. The maximum atomic E-state index is 4.61. The Morgan fingerprint density at radius 1 is 1.08 bits per heavy atom. The lowest BCUT2D eigenvalue weighted by atomic mass is 10.2. The summed E-state index contributed by atoms with van der Waals surface area (Å²) in [5.74, 6) is 1.51. The second-order valence-electron chi connectivity index (χ2n) is 6.62. The van der Waals surface area contributed by atoms with Crippen LogP contribution in [0.3, 0.4) is 0 Å². The number of hydrogen-bond acceptors (Lipinski definition) is 7. The highest BCUT2D eigenvalue weighted by Gasteiger charge is 2.19. The minimum absolute atomic E-state index is 0.717. The Hall–Kier alpha value is -2.25. The predicted molar refractivity (Wildman–Crippen MR) is 101 cm³/mol. The number of benzene rings is 1. The second-order valence-corrected chi connectivity index (χ2v) is 6.62. The van der Waals surface area contributed by atoms with Crippen molar-refractivity contribution in [3.63, 3.8) is 0 Å². The van der Waals surface area contributed by atoms with Crippen LogP contribution in [0.4, 0.5) is 11.8 Å². The van der Waals surface area contributed by atoms with Crippen LogP contribution in [0.1, 0.15) is 5.56 Å². The van der Waals surface area contributed by atoms with Gasteiger partial charge < -0.3 is 15.1 Å². The van der Waals surface area contributed by atoms with E-state index in [0.717, 1.165) is 51.6 Å². The van der Waals surface area contributed by atoms with Gasteiger partial charge in [-0.3, -0.25) is 4.90 Å². The van der Waals surface area contributed by atoms with Gasteiger partial charge in [0.25, 0.3) is 0 Å². The molecule has 0 radical (unpaired) electrons. The van der Waals surface area contributed by atoms with Crippen LogP contribution in [-0.2, 0) is 6.54 Å². The molecule has 3 rings (SSSR count). The third-order valence-electron chi connectivity index (χ3n) is 4.32. The van der Waals surface area contributed by atoms with E-state index in [2.05, 4.69) is 79.6 Å². The van der Waals surface area contributed by atoms with Crippen molar-refractivity contribution >= 4 is 11.8 Å². The van der Waals surface area contributed by atoms with Crippen LogP contribution in [0.25, 0.3) is 0 Å². The Morgan fingerprint density at radius 3 is 2.56 bits per heavy atom. The minimum Gasteiger partial charge on any atom is -0.367 e. The van der Waals surface area contributed by atoms with Crippen molar-refractivity contribution in [2.75, 3.05) is 63.6 Å². The van der Waals surface area contributed by atoms with Crippen LogP contribution in [-0.4, -0.2) is 78.3 Å². The molecule has 134 valence electrons. The highest BCUT2D eigenvalue weighted by atomic mass is 15.4. The average molecular weight is 341 g/mol. The Balaban J connectivity index is 1.50. The van der Waals surface area contributed by atoms with Gasteiger partial charge >= 0.3 is 0 Å². The summed E-state index contributed by atoms with van der Waals surface area (Å²) in [4.78, 5) is 11.4. The maximum Gasteiger partial charge on any atom is 0.247 e. The Labute approximate surface area is 149 Å². The van der Waals surface area contributed by atoms with Crippen LogP contribution < -0.4 is 10.2 Å². The largest absolute Gasteiger partial charge is 0.367 e. The average Bonchev–Trinajstić information content (AvgIpc) is 2.63. The van der Waals surface area contributed by atoms with Gasteiger partial charge in [0.2, 0.25) is 5.95 Å². The van der Waals surface area contributed by atoms with Crippen LogP contribution in [0.2, 0.25) is 0 Å². The van der Waals surface area contributed by atoms with Crippen molar-refractivity contribution in [1.82, 2.24) is 25.0 Å². The highest BCUT2D eigenvalue weighted by Crippen LogP contribution is 2.14. The molecule has 0 unspecified atom stereocenters. The monoisotopic (exact) mass is 341 g/mol. The molecule has 0 aliphatic carbocycles. The molecule has 2 heterocycles. The molecule has 1 saturated heterocycles. The lowest BCUT2D eigenvalue weighted by Crippen LogP contribution is -2.46. The first-order valence-corrected chi connectivity index (χ1v) is 8.80. The summed E-state index contributed by atoms with van der Waals surface area (Å²) >= 11 is 0. The van der Waals surface area contributed by atoms with Gasteiger partial charge in [-0.05, 0) is 19.7 Å².